The number of anilines is 3. The fourth-order valence-corrected chi connectivity index (χ4v) is 18.7. The van der Waals surface area contributed by atoms with Crippen LogP contribution < -0.4 is 15.8 Å². The minimum atomic E-state index is -0.0400. The first kappa shape index (κ1) is 40.6. The van der Waals surface area contributed by atoms with Crippen molar-refractivity contribution in [3.63, 3.8) is 0 Å². The molecule has 2 aliphatic heterocycles. The summed E-state index contributed by atoms with van der Waals surface area (Å²) in [4.78, 5) is 2.68. The molecule has 3 nitrogen and oxygen atoms in total. The average Bonchev–Trinajstić information content (AvgIpc) is 3.89. The molecular formula is C67H63BN2O. The molecule has 8 bridgehead atoms. The largest absolute Gasteiger partial charge is 0.456 e. The molecule has 8 saturated carbocycles. The van der Waals surface area contributed by atoms with Crippen molar-refractivity contribution in [3.05, 3.63) is 150 Å². The van der Waals surface area contributed by atoms with Crippen LogP contribution in [0.25, 0.3) is 66.0 Å². The van der Waals surface area contributed by atoms with Gasteiger partial charge in [-0.15, -0.1) is 0 Å². The van der Waals surface area contributed by atoms with Gasteiger partial charge in [-0.25, -0.2) is 0 Å². The van der Waals surface area contributed by atoms with E-state index in [0.29, 0.717) is 5.41 Å². The van der Waals surface area contributed by atoms with Gasteiger partial charge in [0.15, 0.2) is 0 Å². The minimum Gasteiger partial charge on any atom is -0.456 e. The maximum absolute atomic E-state index is 6.90. The molecule has 0 unspecified atom stereocenters. The zero-order valence-corrected chi connectivity index (χ0v) is 42.0. The van der Waals surface area contributed by atoms with Gasteiger partial charge in [0.25, 0.3) is 0 Å². The molecule has 19 rings (SSSR count). The topological polar surface area (TPSA) is 21.3 Å². The summed E-state index contributed by atoms with van der Waals surface area (Å²) < 4.78 is 9.75. The van der Waals surface area contributed by atoms with Crippen LogP contribution in [0.15, 0.2) is 132 Å². The summed E-state index contributed by atoms with van der Waals surface area (Å²) in [5.74, 6) is 5.39. The highest BCUT2D eigenvalue weighted by Gasteiger charge is 2.54. The highest BCUT2D eigenvalue weighted by atomic mass is 16.3. The van der Waals surface area contributed by atoms with Gasteiger partial charge >= 0.3 is 6.85 Å². The normalized spacial score (nSPS) is 28.5. The number of aromatic nitrogens is 1. The second kappa shape index (κ2) is 13.7. The Bertz CT molecular complexity index is 3730. The third-order valence-corrected chi connectivity index (χ3v) is 20.8. The summed E-state index contributed by atoms with van der Waals surface area (Å²) in [5.41, 5.74) is 23.2. The molecule has 2 aromatic heterocycles. The number of aryl methyl sites for hydroxylation is 1. The Morgan fingerprint density at radius 1 is 0.507 bits per heavy atom. The molecule has 0 saturated heterocycles. The van der Waals surface area contributed by atoms with Gasteiger partial charge in [-0.1, -0.05) is 87.5 Å². The zero-order valence-electron chi connectivity index (χ0n) is 42.0. The van der Waals surface area contributed by atoms with Crippen molar-refractivity contribution in [1.29, 1.82) is 0 Å². The second-order valence-corrected chi connectivity index (χ2v) is 26.3. The van der Waals surface area contributed by atoms with E-state index < -0.39 is 0 Å². The number of fused-ring (bicyclic) bond motifs is 10. The van der Waals surface area contributed by atoms with Gasteiger partial charge in [0.1, 0.15) is 11.2 Å². The summed E-state index contributed by atoms with van der Waals surface area (Å²) in [6, 6.07) is 50.8. The quantitative estimate of drug-likeness (QED) is 0.164. The Morgan fingerprint density at radius 2 is 1.15 bits per heavy atom. The Labute approximate surface area is 418 Å². The molecule has 0 atom stereocenters. The van der Waals surface area contributed by atoms with Gasteiger partial charge in [-0.05, 0) is 241 Å². The van der Waals surface area contributed by atoms with E-state index in [1.807, 2.05) is 0 Å². The lowest BCUT2D eigenvalue weighted by Crippen LogP contribution is -2.56. The van der Waals surface area contributed by atoms with E-state index in [9.17, 15) is 0 Å². The summed E-state index contributed by atoms with van der Waals surface area (Å²) >= 11 is 0. The molecule has 8 fully saturated rings. The number of hydrogen-bond acceptors (Lipinski definition) is 2. The van der Waals surface area contributed by atoms with E-state index >= 15 is 0 Å². The van der Waals surface area contributed by atoms with Crippen molar-refractivity contribution in [2.45, 2.75) is 121 Å². The molecule has 350 valence electrons. The molecule has 7 aromatic carbocycles. The number of nitrogens with zero attached hydrogens (tertiary/aromatic N) is 2. The summed E-state index contributed by atoms with van der Waals surface area (Å²) in [6.45, 7) is 9.35. The number of benzene rings is 7. The van der Waals surface area contributed by atoms with Crippen molar-refractivity contribution >= 4 is 78.6 Å². The first-order valence-corrected chi connectivity index (χ1v) is 27.8. The third kappa shape index (κ3) is 5.53. The molecule has 4 heteroatoms. The monoisotopic (exact) mass is 923 g/mol. The molecule has 8 aliphatic carbocycles. The predicted molar refractivity (Wildman–Crippen MR) is 296 cm³/mol. The van der Waals surface area contributed by atoms with Crippen LogP contribution in [0.3, 0.4) is 0 Å². The molecule has 0 spiro atoms. The van der Waals surface area contributed by atoms with Gasteiger partial charge in [0.2, 0.25) is 0 Å². The van der Waals surface area contributed by atoms with E-state index in [1.165, 1.54) is 171 Å². The highest BCUT2D eigenvalue weighted by Crippen LogP contribution is 2.63. The van der Waals surface area contributed by atoms with Crippen LogP contribution in [0, 0.1) is 42.4 Å². The molecule has 71 heavy (non-hydrogen) atoms. The van der Waals surface area contributed by atoms with Crippen molar-refractivity contribution in [3.8, 4) is 22.3 Å². The number of hydrogen-bond donors (Lipinski definition) is 0. The van der Waals surface area contributed by atoms with Crippen molar-refractivity contribution in [2.24, 2.45) is 35.5 Å². The molecule has 9 aromatic rings. The Balaban J connectivity index is 0.983. The fourth-order valence-electron chi connectivity index (χ4n) is 18.7. The van der Waals surface area contributed by atoms with Crippen LogP contribution in [0.4, 0.5) is 17.1 Å². The van der Waals surface area contributed by atoms with Crippen LogP contribution in [0.2, 0.25) is 0 Å². The Hall–Kier alpha value is -6.00. The first-order chi connectivity index (χ1) is 34.5. The van der Waals surface area contributed by atoms with Crippen LogP contribution >= 0.6 is 0 Å². The smallest absolute Gasteiger partial charge is 0.333 e. The summed E-state index contributed by atoms with van der Waals surface area (Å²) in [7, 11) is 0. The van der Waals surface area contributed by atoms with Crippen molar-refractivity contribution in [2.75, 3.05) is 4.90 Å². The van der Waals surface area contributed by atoms with E-state index in [-0.39, 0.29) is 17.7 Å². The van der Waals surface area contributed by atoms with Crippen LogP contribution in [0.1, 0.15) is 120 Å². The Morgan fingerprint density at radius 3 is 1.85 bits per heavy atom. The van der Waals surface area contributed by atoms with E-state index in [0.717, 1.165) is 46.7 Å². The fraction of sp³-hybridized carbons (Fsp3) is 0.373. The summed E-state index contributed by atoms with van der Waals surface area (Å²) in [6.07, 6.45) is 17.1. The van der Waals surface area contributed by atoms with Gasteiger partial charge < -0.3 is 13.8 Å². The van der Waals surface area contributed by atoms with Crippen LogP contribution in [0.5, 0.6) is 0 Å². The molecule has 0 amide bonds. The van der Waals surface area contributed by atoms with Gasteiger partial charge in [0.05, 0.1) is 5.69 Å². The lowest BCUT2D eigenvalue weighted by Gasteiger charge is -2.57. The number of para-hydroxylation sites is 1. The zero-order chi connectivity index (χ0) is 46.9. The molecule has 10 aliphatic rings. The lowest BCUT2D eigenvalue weighted by atomic mass is 9.44. The first-order valence-electron chi connectivity index (χ1n) is 27.8. The van der Waals surface area contributed by atoms with E-state index in [4.69, 9.17) is 4.42 Å². The molecule has 0 radical (unpaired) electrons. The lowest BCUT2D eigenvalue weighted by molar-refractivity contribution is -0.00527. The van der Waals surface area contributed by atoms with E-state index in [2.05, 4.69) is 164 Å². The second-order valence-electron chi connectivity index (χ2n) is 26.3. The van der Waals surface area contributed by atoms with Gasteiger partial charge in [0, 0.05) is 55.1 Å². The summed E-state index contributed by atoms with van der Waals surface area (Å²) in [5, 5.41) is 5.34. The minimum absolute atomic E-state index is 0.00808. The van der Waals surface area contributed by atoms with E-state index in [1.54, 1.807) is 11.1 Å². The molecular weight excluding hydrogens is 860 g/mol. The standard InChI is InChI=1S/C67H63BN2O/c1-38-18-53-55-29-48(67-35-42-23-43(36-67)25-44(24-42)37-67)28-54-51-27-47(66-32-39-20-40(33-66)22-41(21-39)34-66)15-17-58(51)70(64(54)55)68-56-31-62-52(49-12-8-9-13-61(49)71-62)30-59(56)69(60(19-38)63(53)68)57-16-14-46(65(2,3)4)26-50(57)45-10-6-5-7-11-45/h5-19,26-31,39-44H,20-25,32-37H2,1-4H3. The SMILES string of the molecule is Cc1cc2c3c(c1)N(c1ccc(C(C)(C)C)cc1-c1ccccc1)c1cc4c(cc1B3n1c3ccc(C56CC7CC(CC(C7)C5)C6)cc3c3cc(C56CC7CC(CC(C7)C5)C6)cc-2c31)oc1ccccc14. The predicted octanol–water partition coefficient (Wildman–Crippen LogP) is 16.3. The van der Waals surface area contributed by atoms with Crippen molar-refractivity contribution < 1.29 is 4.42 Å². The average molecular weight is 923 g/mol. The van der Waals surface area contributed by atoms with Crippen LogP contribution in [-0.2, 0) is 16.2 Å². The highest BCUT2D eigenvalue weighted by molar-refractivity contribution is 6.90. The van der Waals surface area contributed by atoms with Crippen LogP contribution in [-0.4, -0.2) is 11.3 Å². The molecule has 4 heterocycles. The van der Waals surface area contributed by atoms with Gasteiger partial charge in [-0.3, -0.25) is 0 Å². The maximum atomic E-state index is 6.90. The number of furan rings is 1. The molecule has 0 N–H and O–H groups in total. The third-order valence-electron chi connectivity index (χ3n) is 20.8. The Kier molecular flexibility index (Phi) is 7.85. The number of rotatable bonds is 4. The van der Waals surface area contributed by atoms with Gasteiger partial charge in [-0.2, -0.15) is 0 Å². The van der Waals surface area contributed by atoms with Crippen molar-refractivity contribution in [1.82, 2.24) is 4.48 Å². The maximum Gasteiger partial charge on any atom is 0.333 e.